The Kier molecular flexibility index (Phi) is 5.50. The van der Waals surface area contributed by atoms with Crippen LogP contribution in [0.25, 0.3) is 11.5 Å². The third-order valence-corrected chi connectivity index (χ3v) is 5.90. The van der Waals surface area contributed by atoms with Gasteiger partial charge >= 0.3 is 0 Å². The van der Waals surface area contributed by atoms with Crippen LogP contribution in [-0.4, -0.2) is 46.2 Å². The normalized spacial score (nSPS) is 15.9. The number of nitro benzene ring substituents is 1. The first-order valence-corrected chi connectivity index (χ1v) is 10.1. The van der Waals surface area contributed by atoms with Gasteiger partial charge in [0.2, 0.25) is 11.8 Å². The minimum atomic E-state index is -0.428. The maximum atomic E-state index is 10.8. The SMILES string of the molecule is Cc1cccc(N2CCN(C(C)c3nnc(-c4ccc([N+](=O)[O-])cc4)o3)CC2)c1C. The fourth-order valence-electron chi connectivity index (χ4n) is 3.83. The van der Waals surface area contributed by atoms with Crippen molar-refractivity contribution in [3.8, 4) is 11.5 Å². The lowest BCUT2D eigenvalue weighted by atomic mass is 10.1. The molecule has 0 N–H and O–H groups in total. The van der Waals surface area contributed by atoms with E-state index >= 15 is 0 Å². The van der Waals surface area contributed by atoms with E-state index < -0.39 is 4.92 Å². The standard InChI is InChI=1S/C22H25N5O3/c1-15-5-4-6-20(16(15)2)26-13-11-25(12-14-26)17(3)21-23-24-22(30-21)18-7-9-19(10-8-18)27(28)29/h4-10,17H,11-14H2,1-3H3. The highest BCUT2D eigenvalue weighted by Gasteiger charge is 2.26. The molecular weight excluding hydrogens is 382 g/mol. The van der Waals surface area contributed by atoms with Crippen LogP contribution in [-0.2, 0) is 0 Å². The molecule has 1 saturated heterocycles. The van der Waals surface area contributed by atoms with Crippen molar-refractivity contribution in [1.82, 2.24) is 15.1 Å². The smallest absolute Gasteiger partial charge is 0.269 e. The predicted octanol–water partition coefficient (Wildman–Crippen LogP) is 4.14. The molecule has 0 saturated carbocycles. The summed E-state index contributed by atoms with van der Waals surface area (Å²) in [6.45, 7) is 10.1. The largest absolute Gasteiger partial charge is 0.419 e. The van der Waals surface area contributed by atoms with E-state index in [1.165, 1.54) is 28.9 Å². The second kappa shape index (κ2) is 8.23. The summed E-state index contributed by atoms with van der Waals surface area (Å²) in [6, 6.07) is 12.6. The lowest BCUT2D eigenvalue weighted by Crippen LogP contribution is -2.47. The Morgan fingerprint density at radius 1 is 1.03 bits per heavy atom. The van der Waals surface area contributed by atoms with Crippen molar-refractivity contribution >= 4 is 11.4 Å². The Bertz CT molecular complexity index is 1040. The van der Waals surface area contributed by atoms with Crippen LogP contribution in [0.4, 0.5) is 11.4 Å². The van der Waals surface area contributed by atoms with Gasteiger partial charge in [0, 0.05) is 49.6 Å². The molecule has 0 radical (unpaired) electrons. The zero-order valence-electron chi connectivity index (χ0n) is 17.4. The van der Waals surface area contributed by atoms with E-state index in [-0.39, 0.29) is 11.7 Å². The van der Waals surface area contributed by atoms with E-state index in [0.29, 0.717) is 17.3 Å². The molecule has 2 aromatic carbocycles. The van der Waals surface area contributed by atoms with Crippen molar-refractivity contribution in [2.24, 2.45) is 0 Å². The van der Waals surface area contributed by atoms with Gasteiger partial charge in [-0.3, -0.25) is 15.0 Å². The Hall–Kier alpha value is -3.26. The van der Waals surface area contributed by atoms with Gasteiger partial charge in [-0.05, 0) is 50.1 Å². The molecule has 0 spiro atoms. The summed E-state index contributed by atoms with van der Waals surface area (Å²) in [7, 11) is 0. The lowest BCUT2D eigenvalue weighted by molar-refractivity contribution is -0.384. The van der Waals surface area contributed by atoms with Crippen LogP contribution in [0.5, 0.6) is 0 Å². The summed E-state index contributed by atoms with van der Waals surface area (Å²) < 4.78 is 5.88. The van der Waals surface area contributed by atoms with Crippen molar-refractivity contribution in [2.45, 2.75) is 26.8 Å². The van der Waals surface area contributed by atoms with Crippen LogP contribution in [0.15, 0.2) is 46.9 Å². The molecule has 1 aromatic heterocycles. The number of nitrogens with zero attached hydrogens (tertiary/aromatic N) is 5. The first-order chi connectivity index (χ1) is 14.4. The molecule has 30 heavy (non-hydrogen) atoms. The van der Waals surface area contributed by atoms with Crippen LogP contribution in [0.3, 0.4) is 0 Å². The van der Waals surface area contributed by atoms with E-state index in [2.05, 4.69) is 59.0 Å². The van der Waals surface area contributed by atoms with Crippen LogP contribution in [0, 0.1) is 24.0 Å². The maximum Gasteiger partial charge on any atom is 0.269 e. The summed E-state index contributed by atoms with van der Waals surface area (Å²) in [6.07, 6.45) is 0. The van der Waals surface area contributed by atoms with Gasteiger partial charge in [0.15, 0.2) is 0 Å². The first kappa shape index (κ1) is 20.0. The summed E-state index contributed by atoms with van der Waals surface area (Å²) in [4.78, 5) is 15.2. The van der Waals surface area contributed by atoms with Crippen molar-refractivity contribution in [2.75, 3.05) is 31.1 Å². The second-order valence-corrected chi connectivity index (χ2v) is 7.67. The number of hydrogen-bond donors (Lipinski definition) is 0. The number of aromatic nitrogens is 2. The Balaban J connectivity index is 1.42. The zero-order chi connectivity index (χ0) is 21.3. The van der Waals surface area contributed by atoms with Gasteiger partial charge in [-0.25, -0.2) is 0 Å². The van der Waals surface area contributed by atoms with E-state index in [0.717, 1.165) is 26.2 Å². The van der Waals surface area contributed by atoms with Crippen LogP contribution in [0.2, 0.25) is 0 Å². The maximum absolute atomic E-state index is 10.8. The molecule has 8 nitrogen and oxygen atoms in total. The number of rotatable bonds is 5. The molecule has 0 aliphatic carbocycles. The molecule has 2 heterocycles. The monoisotopic (exact) mass is 407 g/mol. The van der Waals surface area contributed by atoms with Gasteiger partial charge in [-0.2, -0.15) is 0 Å². The average molecular weight is 407 g/mol. The molecule has 3 aromatic rings. The Labute approximate surface area is 175 Å². The molecular formula is C22H25N5O3. The quantitative estimate of drug-likeness (QED) is 0.464. The molecule has 1 fully saturated rings. The van der Waals surface area contributed by atoms with Crippen LogP contribution < -0.4 is 4.90 Å². The van der Waals surface area contributed by atoms with Gasteiger partial charge in [0.05, 0.1) is 11.0 Å². The van der Waals surface area contributed by atoms with E-state index in [4.69, 9.17) is 4.42 Å². The third-order valence-electron chi connectivity index (χ3n) is 5.90. The van der Waals surface area contributed by atoms with Gasteiger partial charge < -0.3 is 9.32 Å². The highest BCUT2D eigenvalue weighted by Crippen LogP contribution is 2.28. The molecule has 1 aliphatic rings. The fourth-order valence-corrected chi connectivity index (χ4v) is 3.83. The number of hydrogen-bond acceptors (Lipinski definition) is 7. The molecule has 4 rings (SSSR count). The molecule has 8 heteroatoms. The third kappa shape index (κ3) is 3.91. The Morgan fingerprint density at radius 3 is 2.40 bits per heavy atom. The second-order valence-electron chi connectivity index (χ2n) is 7.67. The topological polar surface area (TPSA) is 88.5 Å². The lowest BCUT2D eigenvalue weighted by Gasteiger charge is -2.38. The summed E-state index contributed by atoms with van der Waals surface area (Å²) in [5.74, 6) is 0.935. The molecule has 0 amide bonds. The number of benzene rings is 2. The highest BCUT2D eigenvalue weighted by atomic mass is 16.6. The highest BCUT2D eigenvalue weighted by molar-refractivity contribution is 5.56. The fraction of sp³-hybridized carbons (Fsp3) is 0.364. The molecule has 1 aliphatic heterocycles. The number of aryl methyl sites for hydroxylation is 1. The van der Waals surface area contributed by atoms with Crippen LogP contribution >= 0.6 is 0 Å². The summed E-state index contributed by atoms with van der Waals surface area (Å²) >= 11 is 0. The van der Waals surface area contributed by atoms with Gasteiger partial charge in [-0.15, -0.1) is 10.2 Å². The van der Waals surface area contributed by atoms with E-state index in [1.54, 1.807) is 12.1 Å². The van der Waals surface area contributed by atoms with Crippen molar-refractivity contribution in [3.63, 3.8) is 0 Å². The minimum Gasteiger partial charge on any atom is -0.419 e. The molecule has 1 unspecified atom stereocenters. The first-order valence-electron chi connectivity index (χ1n) is 10.1. The van der Waals surface area contributed by atoms with Crippen LogP contribution in [0.1, 0.15) is 30.0 Å². The zero-order valence-corrected chi connectivity index (χ0v) is 17.4. The van der Waals surface area contributed by atoms with Crippen molar-refractivity contribution < 1.29 is 9.34 Å². The van der Waals surface area contributed by atoms with Gasteiger partial charge in [0.25, 0.3) is 5.69 Å². The van der Waals surface area contributed by atoms with Crippen molar-refractivity contribution in [1.29, 1.82) is 0 Å². The average Bonchev–Trinajstić information content (AvgIpc) is 3.26. The number of piperazine rings is 1. The molecule has 156 valence electrons. The predicted molar refractivity (Wildman–Crippen MR) is 115 cm³/mol. The molecule has 1 atom stereocenters. The minimum absolute atomic E-state index is 0.00468. The van der Waals surface area contributed by atoms with Gasteiger partial charge in [0.1, 0.15) is 0 Å². The summed E-state index contributed by atoms with van der Waals surface area (Å²) in [5.41, 5.74) is 4.66. The molecule has 0 bridgehead atoms. The summed E-state index contributed by atoms with van der Waals surface area (Å²) in [5, 5.41) is 19.2. The number of non-ortho nitro benzene ring substituents is 1. The Morgan fingerprint density at radius 2 is 1.73 bits per heavy atom. The number of nitro groups is 1. The van der Waals surface area contributed by atoms with E-state index in [9.17, 15) is 10.1 Å². The van der Waals surface area contributed by atoms with Gasteiger partial charge in [-0.1, -0.05) is 12.1 Å². The van der Waals surface area contributed by atoms with E-state index in [1.807, 2.05) is 0 Å². The number of anilines is 1. The van der Waals surface area contributed by atoms with Crippen molar-refractivity contribution in [3.05, 3.63) is 69.6 Å².